The van der Waals surface area contributed by atoms with Crippen molar-refractivity contribution in [3.8, 4) is 5.75 Å². The average Bonchev–Trinajstić information content (AvgIpc) is 3.01. The SMILES string of the molecule is COC(=O)N[C@H](C(=O)Nc1cccc(F)c1OCC1CN(C)C(CCC[SH](=O)=O)CN1)[C@@H](c1ccc(F)cc1)c1cc(F)cc(F)c1. The zero-order valence-corrected chi connectivity index (χ0v) is 26.6. The number of amides is 2. The van der Waals surface area contributed by atoms with Gasteiger partial charge >= 0.3 is 6.09 Å². The average molecular weight is 681 g/mol. The van der Waals surface area contributed by atoms with E-state index in [1.807, 2.05) is 7.05 Å². The van der Waals surface area contributed by atoms with Gasteiger partial charge in [-0.25, -0.2) is 30.8 Å². The molecule has 10 nitrogen and oxygen atoms in total. The van der Waals surface area contributed by atoms with E-state index in [1.54, 1.807) is 0 Å². The zero-order chi connectivity index (χ0) is 34.1. The van der Waals surface area contributed by atoms with Crippen LogP contribution in [0.1, 0.15) is 29.9 Å². The van der Waals surface area contributed by atoms with Crippen LogP contribution in [-0.2, 0) is 20.2 Å². The maximum atomic E-state index is 15.1. The molecule has 3 aromatic carbocycles. The summed E-state index contributed by atoms with van der Waals surface area (Å²) in [6.07, 6.45) is 0.181. The van der Waals surface area contributed by atoms with Crippen LogP contribution in [0, 0.1) is 23.3 Å². The Morgan fingerprint density at radius 2 is 1.70 bits per heavy atom. The highest BCUT2D eigenvalue weighted by atomic mass is 32.2. The fraction of sp³-hybridized carbons (Fsp3) is 0.375. The molecule has 1 aliphatic heterocycles. The number of likely N-dealkylation sites (N-methyl/N-ethyl adjacent to an activating group) is 1. The minimum absolute atomic E-state index is 0.0118. The first-order chi connectivity index (χ1) is 22.4. The van der Waals surface area contributed by atoms with Crippen molar-refractivity contribution in [2.45, 2.75) is 36.9 Å². The number of nitrogens with zero attached hydrogens (tertiary/aromatic N) is 1. The van der Waals surface area contributed by atoms with Crippen molar-refractivity contribution in [2.24, 2.45) is 0 Å². The molecule has 0 bridgehead atoms. The van der Waals surface area contributed by atoms with Crippen LogP contribution in [-0.4, -0.2) is 83.1 Å². The van der Waals surface area contributed by atoms with Gasteiger partial charge in [0.15, 0.2) is 11.6 Å². The number of anilines is 1. The highest BCUT2D eigenvalue weighted by Crippen LogP contribution is 2.33. The van der Waals surface area contributed by atoms with Gasteiger partial charge in [-0.2, -0.15) is 0 Å². The van der Waals surface area contributed by atoms with Crippen LogP contribution in [0.4, 0.5) is 28.0 Å². The van der Waals surface area contributed by atoms with Gasteiger partial charge in [0.1, 0.15) is 40.8 Å². The second-order valence-corrected chi connectivity index (χ2v) is 12.3. The van der Waals surface area contributed by atoms with E-state index in [2.05, 4.69) is 20.9 Å². The lowest BCUT2D eigenvalue weighted by Gasteiger charge is -2.38. The summed E-state index contributed by atoms with van der Waals surface area (Å²) in [4.78, 5) is 28.4. The molecule has 2 unspecified atom stereocenters. The minimum Gasteiger partial charge on any atom is -0.487 e. The Balaban J connectivity index is 1.57. The van der Waals surface area contributed by atoms with Crippen molar-refractivity contribution in [2.75, 3.05) is 44.9 Å². The fourth-order valence-electron chi connectivity index (χ4n) is 5.55. The number of hydrogen-bond donors (Lipinski definition) is 4. The molecule has 0 aromatic heterocycles. The lowest BCUT2D eigenvalue weighted by Crippen LogP contribution is -2.56. The Labute approximate surface area is 271 Å². The summed E-state index contributed by atoms with van der Waals surface area (Å²) in [5.74, 6) is -5.60. The molecule has 0 aliphatic carbocycles. The maximum absolute atomic E-state index is 15.1. The second kappa shape index (κ2) is 16.6. The van der Waals surface area contributed by atoms with Crippen molar-refractivity contribution in [3.63, 3.8) is 0 Å². The Morgan fingerprint density at radius 3 is 2.34 bits per heavy atom. The van der Waals surface area contributed by atoms with Crippen molar-refractivity contribution < 1.29 is 45.0 Å². The molecule has 0 saturated carbocycles. The number of thiol groups is 1. The third-order valence-electron chi connectivity index (χ3n) is 7.85. The van der Waals surface area contributed by atoms with E-state index < -0.39 is 57.9 Å². The Bertz CT molecular complexity index is 1600. The first kappa shape index (κ1) is 35.6. The van der Waals surface area contributed by atoms with E-state index in [0.717, 1.165) is 37.4 Å². The van der Waals surface area contributed by atoms with Gasteiger partial charge < -0.3 is 30.3 Å². The number of para-hydroxylation sites is 1. The number of halogens is 4. The molecule has 2 amide bonds. The summed E-state index contributed by atoms with van der Waals surface area (Å²) in [5.41, 5.74) is 0.106. The van der Waals surface area contributed by atoms with Gasteiger partial charge in [0.25, 0.3) is 0 Å². The van der Waals surface area contributed by atoms with Crippen LogP contribution in [0.15, 0.2) is 60.7 Å². The normalized spacial score (nSPS) is 17.9. The molecule has 1 heterocycles. The predicted octanol–water partition coefficient (Wildman–Crippen LogP) is 3.78. The lowest BCUT2D eigenvalue weighted by atomic mass is 9.84. The van der Waals surface area contributed by atoms with Gasteiger partial charge in [0, 0.05) is 36.9 Å². The number of ether oxygens (including phenoxy) is 2. The van der Waals surface area contributed by atoms with Crippen LogP contribution >= 0.6 is 0 Å². The topological polar surface area (TPSA) is 126 Å². The van der Waals surface area contributed by atoms with Crippen LogP contribution in [0.2, 0.25) is 0 Å². The van der Waals surface area contributed by atoms with Gasteiger partial charge in [-0.3, -0.25) is 4.79 Å². The van der Waals surface area contributed by atoms with Crippen molar-refractivity contribution in [3.05, 3.63) is 95.1 Å². The summed E-state index contributed by atoms with van der Waals surface area (Å²) in [6.45, 7) is 1.10. The van der Waals surface area contributed by atoms with Gasteiger partial charge in [-0.1, -0.05) is 18.2 Å². The number of benzene rings is 3. The molecule has 3 N–H and O–H groups in total. The molecule has 47 heavy (non-hydrogen) atoms. The van der Waals surface area contributed by atoms with Gasteiger partial charge in [-0.15, -0.1) is 0 Å². The van der Waals surface area contributed by atoms with Gasteiger partial charge in [0.05, 0.1) is 18.8 Å². The van der Waals surface area contributed by atoms with E-state index in [-0.39, 0.29) is 47.0 Å². The van der Waals surface area contributed by atoms with Crippen LogP contribution in [0.5, 0.6) is 5.75 Å². The van der Waals surface area contributed by atoms with Crippen LogP contribution in [0.25, 0.3) is 0 Å². The van der Waals surface area contributed by atoms with Crippen molar-refractivity contribution in [1.29, 1.82) is 0 Å². The molecule has 3 aromatic rings. The predicted molar refractivity (Wildman–Crippen MR) is 167 cm³/mol. The summed E-state index contributed by atoms with van der Waals surface area (Å²) in [5, 5.41) is 8.27. The quantitative estimate of drug-likeness (QED) is 0.159. The zero-order valence-electron chi connectivity index (χ0n) is 25.7. The number of alkyl carbamates (subject to hydrolysis) is 1. The van der Waals surface area contributed by atoms with Crippen molar-refractivity contribution in [1.82, 2.24) is 15.5 Å². The van der Waals surface area contributed by atoms with E-state index >= 15 is 4.39 Å². The van der Waals surface area contributed by atoms with E-state index in [4.69, 9.17) is 9.47 Å². The standard InChI is InChI=1S/C32H36F4N4O6S/c1-40-17-24(37-16-25(40)5-4-12-47(43)44)18-46-30-26(36)6-3-7-27(30)38-31(41)29(39-32(42)45-2)28(19-8-10-21(33)11-9-19)20-13-22(34)15-23(35)14-20/h3,6-11,13-15,24-25,28-29,37,47H,4-5,12,16-18H2,1-2H3,(H,38,41)(H,39,42)/t24?,25?,28-,29-/m0/s1. The molecule has 1 aliphatic rings. The second-order valence-electron chi connectivity index (χ2n) is 11.2. The monoisotopic (exact) mass is 680 g/mol. The lowest BCUT2D eigenvalue weighted by molar-refractivity contribution is -0.118. The van der Waals surface area contributed by atoms with E-state index in [1.165, 1.54) is 24.3 Å². The van der Waals surface area contributed by atoms with Crippen molar-refractivity contribution >= 4 is 28.4 Å². The Hall–Kier alpha value is -4.21. The highest BCUT2D eigenvalue weighted by Gasteiger charge is 2.34. The molecular formula is C32H36F4N4O6S. The summed E-state index contributed by atoms with van der Waals surface area (Å²) in [7, 11) is 0.534. The molecular weight excluding hydrogens is 644 g/mol. The molecule has 4 atom stereocenters. The summed E-state index contributed by atoms with van der Waals surface area (Å²) >= 11 is 0. The van der Waals surface area contributed by atoms with Crippen LogP contribution < -0.4 is 20.7 Å². The molecule has 254 valence electrons. The number of nitrogens with one attached hydrogen (secondary N) is 3. The molecule has 0 radical (unpaired) electrons. The molecule has 1 fully saturated rings. The van der Waals surface area contributed by atoms with Crippen LogP contribution in [0.3, 0.4) is 0 Å². The van der Waals surface area contributed by atoms with Gasteiger partial charge in [-0.05, 0) is 67.4 Å². The summed E-state index contributed by atoms with van der Waals surface area (Å²) < 4.78 is 90.0. The molecule has 15 heteroatoms. The largest absolute Gasteiger partial charge is 0.487 e. The fourth-order valence-corrected chi connectivity index (χ4v) is 5.99. The number of carbonyl (C=O) groups is 2. The Kier molecular flexibility index (Phi) is 12.6. The third kappa shape index (κ3) is 9.89. The number of rotatable bonds is 13. The molecule has 0 spiro atoms. The first-order valence-electron chi connectivity index (χ1n) is 14.8. The maximum Gasteiger partial charge on any atom is 0.407 e. The number of carbonyl (C=O) groups excluding carboxylic acids is 2. The number of hydrogen-bond acceptors (Lipinski definition) is 8. The van der Waals surface area contributed by atoms with Gasteiger partial charge in [0.2, 0.25) is 5.91 Å². The number of piperazine rings is 1. The smallest absolute Gasteiger partial charge is 0.407 e. The molecule has 1 saturated heterocycles. The Morgan fingerprint density at radius 1 is 1.00 bits per heavy atom. The summed E-state index contributed by atoms with van der Waals surface area (Å²) in [6, 6.07) is 9.58. The first-order valence-corrected chi connectivity index (χ1v) is 16.1. The number of methoxy groups -OCH3 is 1. The van der Waals surface area contributed by atoms with E-state index in [9.17, 15) is 31.2 Å². The molecule has 4 rings (SSSR count). The highest BCUT2D eigenvalue weighted by molar-refractivity contribution is 7.72. The van der Waals surface area contributed by atoms with E-state index in [0.29, 0.717) is 32.0 Å². The minimum atomic E-state index is -2.43. The third-order valence-corrected chi connectivity index (χ3v) is 8.53.